The number of ether oxygens (including phenoxy) is 2. The van der Waals surface area contributed by atoms with E-state index in [-0.39, 0.29) is 91.3 Å². The van der Waals surface area contributed by atoms with E-state index in [1.54, 1.807) is 76.5 Å². The quantitative estimate of drug-likeness (QED) is 0.0588. The molecule has 0 bridgehead atoms. The predicted octanol–water partition coefficient (Wildman–Crippen LogP) is 5.82. The van der Waals surface area contributed by atoms with Crippen molar-refractivity contribution in [2.45, 2.75) is 65.2 Å². The lowest BCUT2D eigenvalue weighted by atomic mass is 9.89. The molecule has 6 N–H and O–H groups in total. The number of nitrogens with zero attached hydrogens (tertiary/aromatic N) is 6. The number of primary amides is 1. The van der Waals surface area contributed by atoms with Gasteiger partial charge in [-0.2, -0.15) is 0 Å². The highest BCUT2D eigenvalue weighted by atomic mass is 16.6. The summed E-state index contributed by atoms with van der Waals surface area (Å²) in [6, 6.07) is 15.0. The molecule has 0 aliphatic carbocycles. The third-order valence-electron chi connectivity index (χ3n) is 13.0. The summed E-state index contributed by atoms with van der Waals surface area (Å²) in [5, 5.41) is 42.4. The zero-order valence-corrected chi connectivity index (χ0v) is 38.0. The number of phenols is 2. The number of fused-ring (bicyclic) bond motifs is 5. The second-order valence-electron chi connectivity index (χ2n) is 17.2. The summed E-state index contributed by atoms with van der Waals surface area (Å²) < 4.78 is 14.5. The summed E-state index contributed by atoms with van der Waals surface area (Å²) >= 11 is 0. The summed E-state index contributed by atoms with van der Waals surface area (Å²) in [4.78, 5) is 75.3. The number of carbonyl (C=O) groups excluding carboxylic acids is 4. The number of nitrogens with one attached hydrogen (secondary N) is 1. The Hall–Kier alpha value is -7.57. The zero-order chi connectivity index (χ0) is 48.2. The summed E-state index contributed by atoms with van der Waals surface area (Å²) in [7, 11) is 3.19. The highest BCUT2D eigenvalue weighted by molar-refractivity contribution is 6.23. The van der Waals surface area contributed by atoms with Gasteiger partial charge >= 0.3 is 12.1 Å². The first kappa shape index (κ1) is 46.0. The molecule has 1 unspecified atom stereocenters. The maximum Gasteiger partial charge on any atom is 0.415 e. The number of urea groups is 1. The topological polar surface area (TPSA) is 247 Å². The lowest BCUT2D eigenvalue weighted by Crippen LogP contribution is -2.51. The molecule has 2 aliphatic heterocycles. The number of hydrogen-bond donors (Lipinski definition) is 5. The Balaban J connectivity index is 0.972. The molecule has 5 heterocycles. The van der Waals surface area contributed by atoms with Crippen molar-refractivity contribution in [1.29, 1.82) is 5.41 Å². The second-order valence-corrected chi connectivity index (χ2v) is 17.2. The molecule has 0 spiro atoms. The molecule has 8 rings (SSSR count). The number of benzene rings is 3. The number of nitrogens with two attached hydrogens (primary N) is 1. The fourth-order valence-electron chi connectivity index (χ4n) is 9.24. The Morgan fingerprint density at radius 2 is 1.69 bits per heavy atom. The van der Waals surface area contributed by atoms with Gasteiger partial charge in [0.05, 0.1) is 41.3 Å². The van der Waals surface area contributed by atoms with E-state index in [1.165, 1.54) is 18.1 Å². The fourth-order valence-corrected chi connectivity index (χ4v) is 9.24. The molecule has 4 amide bonds. The molecular formula is C49H52N8O10. The predicted molar refractivity (Wildman–Crippen MR) is 250 cm³/mol. The van der Waals surface area contributed by atoms with Gasteiger partial charge in [0.25, 0.3) is 11.5 Å². The number of pyridine rings is 2. The minimum Gasteiger partial charge on any atom is -0.508 e. The number of anilines is 1. The molecule has 348 valence electrons. The van der Waals surface area contributed by atoms with Crippen LogP contribution in [0, 0.1) is 5.41 Å². The van der Waals surface area contributed by atoms with Crippen molar-refractivity contribution in [3.8, 4) is 28.6 Å². The van der Waals surface area contributed by atoms with Crippen LogP contribution in [0.3, 0.4) is 0 Å². The van der Waals surface area contributed by atoms with Crippen LogP contribution in [0.1, 0.15) is 83.9 Å². The van der Waals surface area contributed by atoms with Gasteiger partial charge in [-0.25, -0.2) is 19.5 Å². The molecule has 0 radical (unpaired) electrons. The Bertz CT molecular complexity index is 3110. The minimum atomic E-state index is -1.88. The summed E-state index contributed by atoms with van der Waals surface area (Å²) in [6.07, 6.45) is 0.492. The van der Waals surface area contributed by atoms with E-state index >= 15 is 0 Å². The third-order valence-corrected chi connectivity index (χ3v) is 13.0. The molecule has 1 saturated heterocycles. The van der Waals surface area contributed by atoms with Gasteiger partial charge in [-0.3, -0.25) is 19.8 Å². The van der Waals surface area contributed by atoms with Crippen LogP contribution >= 0.6 is 0 Å². The molecule has 0 saturated carbocycles. The lowest BCUT2D eigenvalue weighted by molar-refractivity contribution is -0.125. The van der Waals surface area contributed by atoms with Crippen LogP contribution in [0.4, 0.5) is 15.3 Å². The molecule has 67 heavy (non-hydrogen) atoms. The Morgan fingerprint density at radius 1 is 0.970 bits per heavy atom. The van der Waals surface area contributed by atoms with E-state index in [0.29, 0.717) is 57.5 Å². The number of aryl methyl sites for hydroxylation is 2. The second kappa shape index (κ2) is 17.7. The van der Waals surface area contributed by atoms with E-state index in [2.05, 4.69) is 0 Å². The van der Waals surface area contributed by atoms with E-state index in [9.17, 15) is 39.3 Å². The molecule has 3 aromatic heterocycles. The van der Waals surface area contributed by atoms with Gasteiger partial charge in [-0.05, 0) is 84.5 Å². The van der Waals surface area contributed by atoms with Crippen molar-refractivity contribution in [2.75, 3.05) is 38.2 Å². The number of carbonyl (C=O) groups is 4. The number of aliphatic hydroxyl groups is 1. The number of amides is 4. The zero-order valence-electron chi connectivity index (χ0n) is 38.0. The molecule has 3 aromatic carbocycles. The first-order chi connectivity index (χ1) is 31.9. The van der Waals surface area contributed by atoms with Crippen LogP contribution in [0.25, 0.3) is 33.2 Å². The maximum atomic E-state index is 14.0. The number of methoxy groups -OCH3 is 1. The fraction of sp³-hybridized carbons (Fsp3) is 0.327. The van der Waals surface area contributed by atoms with Crippen LogP contribution in [0.15, 0.2) is 65.5 Å². The number of aromatic hydroxyl groups is 2. The normalized spacial score (nSPS) is 14.3. The van der Waals surface area contributed by atoms with Gasteiger partial charge in [0.15, 0.2) is 6.29 Å². The number of phenolic OH excluding ortho intramolecular Hbond substituents is 2. The smallest absolute Gasteiger partial charge is 0.415 e. The van der Waals surface area contributed by atoms with Crippen molar-refractivity contribution in [3.63, 3.8) is 0 Å². The van der Waals surface area contributed by atoms with Crippen molar-refractivity contribution >= 4 is 57.6 Å². The van der Waals surface area contributed by atoms with E-state index in [0.717, 1.165) is 27.5 Å². The van der Waals surface area contributed by atoms with Gasteiger partial charge in [-0.1, -0.05) is 27.7 Å². The molecule has 1 fully saturated rings. The lowest BCUT2D eigenvalue weighted by Gasteiger charge is -2.34. The molecule has 6 aromatic rings. The summed E-state index contributed by atoms with van der Waals surface area (Å²) in [6.45, 7) is 8.34. The first-order valence-corrected chi connectivity index (χ1v) is 22.0. The summed E-state index contributed by atoms with van der Waals surface area (Å²) in [5.41, 5.74) is 9.03. The Labute approximate surface area is 384 Å². The van der Waals surface area contributed by atoms with Gasteiger partial charge < -0.3 is 49.5 Å². The first-order valence-electron chi connectivity index (χ1n) is 22.0. The van der Waals surface area contributed by atoms with E-state index in [4.69, 9.17) is 25.6 Å². The number of aromatic nitrogens is 3. The van der Waals surface area contributed by atoms with Gasteiger partial charge in [0.2, 0.25) is 0 Å². The number of aldehydes is 1. The monoisotopic (exact) mass is 912 g/mol. The molecule has 18 nitrogen and oxygen atoms in total. The van der Waals surface area contributed by atoms with Crippen LogP contribution in [0.5, 0.6) is 17.2 Å². The third kappa shape index (κ3) is 7.90. The number of piperazine rings is 1. The van der Waals surface area contributed by atoms with Crippen molar-refractivity contribution in [3.05, 3.63) is 110 Å². The van der Waals surface area contributed by atoms with Crippen molar-refractivity contribution in [1.82, 2.24) is 23.9 Å². The number of rotatable bonds is 11. The van der Waals surface area contributed by atoms with Gasteiger partial charge in [0, 0.05) is 79.4 Å². The SMILES string of the molecule is CCc1c2c(nc3ccc(OC(=O)N4CCN(C(=O)c5cc6cc(N(C(=N)c7cc(C(C)C)c(O)cc7O)C(N)=O)ccc6n5C)CC4)cc13)-c1cc(C(O)(C=O)CC)c(COC)c(=O)n1C2. The van der Waals surface area contributed by atoms with Crippen LogP contribution in [-0.4, -0.2) is 103 Å². The van der Waals surface area contributed by atoms with Crippen LogP contribution in [0.2, 0.25) is 0 Å². The standard InChI is InChI=1S/C49H52N8O10/c1-7-30-32-19-29(10-11-37(32)52-43-34(30)23-56-39(43)21-36(49(65,8-2)25-58)35(24-66-6)45(56)61)67-48(64)55-15-13-54(14-16-55)46(62)40-18-27-17-28(9-12-38(27)53(40)5)57(47(51)63)44(50)33-20-31(26(3)4)41(59)22-42(33)60/h9-12,17-22,25-26,50,59-60,65H,7-8,13-16,23-24H2,1-6H3,(H2,51,63). The highest BCUT2D eigenvalue weighted by Gasteiger charge is 2.36. The molecule has 2 aliphatic rings. The van der Waals surface area contributed by atoms with Crippen LogP contribution < -0.4 is 20.9 Å². The highest BCUT2D eigenvalue weighted by Crippen LogP contribution is 2.40. The average molecular weight is 913 g/mol. The molecule has 18 heteroatoms. The molecular weight excluding hydrogens is 861 g/mol. The van der Waals surface area contributed by atoms with Crippen molar-refractivity contribution in [2.24, 2.45) is 12.8 Å². The maximum absolute atomic E-state index is 14.0. The average Bonchev–Trinajstić information content (AvgIpc) is 3.84. The molecule has 1 atom stereocenters. The van der Waals surface area contributed by atoms with E-state index < -0.39 is 29.3 Å². The summed E-state index contributed by atoms with van der Waals surface area (Å²) in [5.74, 6) is -1.05. The number of amidine groups is 1. The minimum absolute atomic E-state index is 0.000226. The van der Waals surface area contributed by atoms with Crippen molar-refractivity contribution < 1.29 is 44.0 Å². The number of hydrogen-bond acceptors (Lipinski definition) is 12. The van der Waals surface area contributed by atoms with Gasteiger partial charge in [-0.15, -0.1) is 0 Å². The van der Waals surface area contributed by atoms with E-state index in [1.807, 2.05) is 20.8 Å². The van der Waals surface area contributed by atoms with Gasteiger partial charge in [0.1, 0.15) is 34.4 Å². The largest absolute Gasteiger partial charge is 0.508 e. The Kier molecular flexibility index (Phi) is 12.1. The van der Waals surface area contributed by atoms with Crippen LogP contribution in [-0.2, 0) is 41.8 Å². The Morgan fingerprint density at radius 3 is 2.33 bits per heavy atom.